The lowest BCUT2D eigenvalue weighted by Crippen LogP contribution is -2.41. The molecular weight excluding hydrogens is 416 g/mol. The van der Waals surface area contributed by atoms with Gasteiger partial charge in [0, 0.05) is 18.2 Å². The molecule has 5 rings (SSSR count). The lowest BCUT2D eigenvalue weighted by Gasteiger charge is -2.27. The Morgan fingerprint density at radius 3 is 2.76 bits per heavy atom. The molecule has 1 aliphatic carbocycles. The van der Waals surface area contributed by atoms with E-state index >= 15 is 0 Å². The molecule has 1 aromatic heterocycles. The summed E-state index contributed by atoms with van der Waals surface area (Å²) in [6.45, 7) is 1.98. The number of hydrogen-bond donors (Lipinski definition) is 2. The van der Waals surface area contributed by atoms with Crippen molar-refractivity contribution in [2.45, 2.75) is 44.2 Å². The van der Waals surface area contributed by atoms with E-state index < -0.39 is 0 Å². The van der Waals surface area contributed by atoms with Crippen LogP contribution in [0.4, 0.5) is 0 Å². The Kier molecular flexibility index (Phi) is 5.98. The van der Waals surface area contributed by atoms with Crippen molar-refractivity contribution in [3.63, 3.8) is 0 Å². The SMILES string of the molecule is CN(C)Cc1ccc2c(c1)[nH]c(C1CCCC(NC(=O)c3ccc4c(c3)OCCO4)C1)[n+]2C. The van der Waals surface area contributed by atoms with Crippen LogP contribution >= 0.6 is 0 Å². The van der Waals surface area contributed by atoms with Crippen molar-refractivity contribution in [2.75, 3.05) is 27.3 Å². The van der Waals surface area contributed by atoms with Gasteiger partial charge in [-0.3, -0.25) is 4.79 Å². The predicted molar refractivity (Wildman–Crippen MR) is 127 cm³/mol. The van der Waals surface area contributed by atoms with Gasteiger partial charge in [0.25, 0.3) is 11.7 Å². The van der Waals surface area contributed by atoms with Gasteiger partial charge in [-0.15, -0.1) is 0 Å². The van der Waals surface area contributed by atoms with Gasteiger partial charge in [-0.1, -0.05) is 12.5 Å². The van der Waals surface area contributed by atoms with Gasteiger partial charge >= 0.3 is 0 Å². The topological polar surface area (TPSA) is 70.5 Å². The fraction of sp³-hybridized carbons (Fsp3) is 0.462. The van der Waals surface area contributed by atoms with E-state index in [9.17, 15) is 4.79 Å². The third kappa shape index (κ3) is 4.55. The van der Waals surface area contributed by atoms with Gasteiger partial charge in [-0.05, 0) is 69.3 Å². The second-order valence-corrected chi connectivity index (χ2v) is 9.55. The molecule has 2 heterocycles. The number of aryl methyl sites for hydroxylation is 1. The van der Waals surface area contributed by atoms with Crippen molar-refractivity contribution in [1.82, 2.24) is 15.2 Å². The number of nitrogens with zero attached hydrogens (tertiary/aromatic N) is 2. The molecule has 1 saturated carbocycles. The number of carbonyl (C=O) groups is 1. The predicted octanol–water partition coefficient (Wildman–Crippen LogP) is 3.28. The third-order valence-electron chi connectivity index (χ3n) is 6.75. The van der Waals surface area contributed by atoms with Gasteiger partial charge in [-0.25, -0.2) is 9.55 Å². The molecule has 174 valence electrons. The van der Waals surface area contributed by atoms with Gasteiger partial charge in [0.15, 0.2) is 22.5 Å². The van der Waals surface area contributed by atoms with E-state index in [1.165, 1.54) is 22.4 Å². The first-order valence-corrected chi connectivity index (χ1v) is 11.8. The molecule has 0 bridgehead atoms. The van der Waals surface area contributed by atoms with Gasteiger partial charge in [0.1, 0.15) is 13.2 Å². The Balaban J connectivity index is 1.30. The molecule has 2 unspecified atom stereocenters. The minimum Gasteiger partial charge on any atom is -0.486 e. The van der Waals surface area contributed by atoms with Crippen LogP contribution in [0.1, 0.15) is 53.3 Å². The number of H-pyrrole nitrogens is 1. The molecule has 0 radical (unpaired) electrons. The third-order valence-corrected chi connectivity index (χ3v) is 6.75. The van der Waals surface area contributed by atoms with Crippen LogP contribution in [0.25, 0.3) is 11.0 Å². The summed E-state index contributed by atoms with van der Waals surface area (Å²) in [7, 11) is 6.31. The van der Waals surface area contributed by atoms with E-state index in [0.717, 1.165) is 32.2 Å². The number of rotatable bonds is 5. The fourth-order valence-corrected chi connectivity index (χ4v) is 5.19. The highest BCUT2D eigenvalue weighted by Crippen LogP contribution is 2.33. The molecule has 0 spiro atoms. The average molecular weight is 450 g/mol. The van der Waals surface area contributed by atoms with Crippen LogP contribution in [0, 0.1) is 0 Å². The van der Waals surface area contributed by atoms with Crippen LogP contribution in [0.2, 0.25) is 0 Å². The molecule has 2 N–H and O–H groups in total. The minimum atomic E-state index is -0.0491. The zero-order valence-corrected chi connectivity index (χ0v) is 19.7. The summed E-state index contributed by atoms with van der Waals surface area (Å²) >= 11 is 0. The number of aromatic amines is 1. The number of ether oxygens (including phenoxy) is 2. The number of benzene rings is 2. The van der Waals surface area contributed by atoms with E-state index in [4.69, 9.17) is 9.47 Å². The quantitative estimate of drug-likeness (QED) is 0.587. The maximum Gasteiger partial charge on any atom is 0.258 e. The summed E-state index contributed by atoms with van der Waals surface area (Å²) in [6.07, 6.45) is 4.16. The van der Waals surface area contributed by atoms with Crippen LogP contribution in [-0.2, 0) is 13.6 Å². The van der Waals surface area contributed by atoms with Crippen molar-refractivity contribution in [3.05, 3.63) is 53.3 Å². The number of amides is 1. The zero-order chi connectivity index (χ0) is 22.9. The van der Waals surface area contributed by atoms with Gasteiger partial charge in [0.05, 0.1) is 13.0 Å². The average Bonchev–Trinajstić information content (AvgIpc) is 3.14. The van der Waals surface area contributed by atoms with E-state index in [1.807, 2.05) is 12.1 Å². The smallest absolute Gasteiger partial charge is 0.258 e. The van der Waals surface area contributed by atoms with Crippen LogP contribution in [0.15, 0.2) is 36.4 Å². The molecule has 33 heavy (non-hydrogen) atoms. The Morgan fingerprint density at radius 2 is 1.94 bits per heavy atom. The molecule has 2 aromatic carbocycles. The van der Waals surface area contributed by atoms with Crippen LogP contribution in [0.5, 0.6) is 11.5 Å². The molecule has 1 fully saturated rings. The largest absolute Gasteiger partial charge is 0.486 e. The van der Waals surface area contributed by atoms with Gasteiger partial charge in [-0.2, -0.15) is 0 Å². The standard InChI is InChI=1S/C26H32N4O3/c1-29(2)16-17-7-9-22-21(13-17)28-25(30(22)3)18-5-4-6-20(14-18)27-26(31)19-8-10-23-24(15-19)33-12-11-32-23/h7-10,13,15,18,20H,4-6,11-12,14,16H2,1-3H3,(H,27,31)/p+1. The van der Waals surface area contributed by atoms with Crippen LogP contribution in [-0.4, -0.2) is 49.1 Å². The van der Waals surface area contributed by atoms with Crippen molar-refractivity contribution in [1.29, 1.82) is 0 Å². The van der Waals surface area contributed by atoms with Gasteiger partial charge < -0.3 is 19.7 Å². The van der Waals surface area contributed by atoms with E-state index in [-0.39, 0.29) is 11.9 Å². The molecule has 7 nitrogen and oxygen atoms in total. The summed E-state index contributed by atoms with van der Waals surface area (Å²) < 4.78 is 13.5. The Labute approximate surface area is 194 Å². The van der Waals surface area contributed by atoms with E-state index in [2.05, 4.69) is 59.1 Å². The van der Waals surface area contributed by atoms with Crippen molar-refractivity contribution >= 4 is 16.9 Å². The number of imidazole rings is 1. The Morgan fingerprint density at radius 1 is 1.12 bits per heavy atom. The highest BCUT2D eigenvalue weighted by molar-refractivity contribution is 5.95. The lowest BCUT2D eigenvalue weighted by atomic mass is 9.85. The summed E-state index contributed by atoms with van der Waals surface area (Å²) in [5.41, 5.74) is 4.31. The molecule has 2 atom stereocenters. The molecule has 2 aliphatic rings. The Bertz CT molecular complexity index is 1170. The maximum absolute atomic E-state index is 13.0. The summed E-state index contributed by atoms with van der Waals surface area (Å²) in [5, 5.41) is 3.26. The number of nitrogens with one attached hydrogen (secondary N) is 2. The fourth-order valence-electron chi connectivity index (χ4n) is 5.19. The van der Waals surface area contributed by atoms with E-state index in [1.54, 1.807) is 6.07 Å². The molecular formula is C26H33N4O3+. The zero-order valence-electron chi connectivity index (χ0n) is 19.7. The lowest BCUT2D eigenvalue weighted by molar-refractivity contribution is -0.654. The summed E-state index contributed by atoms with van der Waals surface area (Å²) in [5.74, 6) is 2.93. The van der Waals surface area contributed by atoms with Crippen molar-refractivity contribution in [3.8, 4) is 11.5 Å². The van der Waals surface area contributed by atoms with Crippen LogP contribution < -0.4 is 19.4 Å². The minimum absolute atomic E-state index is 0.0491. The first-order valence-electron chi connectivity index (χ1n) is 11.8. The van der Waals surface area contributed by atoms with Gasteiger partial charge in [0.2, 0.25) is 0 Å². The molecule has 3 aromatic rings. The number of aromatic nitrogens is 2. The number of hydrogen-bond acceptors (Lipinski definition) is 4. The normalized spacial score (nSPS) is 20.2. The van der Waals surface area contributed by atoms with E-state index in [0.29, 0.717) is 36.2 Å². The summed E-state index contributed by atoms with van der Waals surface area (Å²) in [6, 6.07) is 12.2. The monoisotopic (exact) mass is 449 g/mol. The highest BCUT2D eigenvalue weighted by Gasteiger charge is 2.32. The maximum atomic E-state index is 13.0. The first kappa shape index (κ1) is 21.8. The number of fused-ring (bicyclic) bond motifs is 2. The Hall–Kier alpha value is -3.06. The summed E-state index contributed by atoms with van der Waals surface area (Å²) in [4.78, 5) is 18.8. The highest BCUT2D eigenvalue weighted by atomic mass is 16.6. The van der Waals surface area contributed by atoms with Crippen molar-refractivity contribution < 1.29 is 18.8 Å². The van der Waals surface area contributed by atoms with Crippen LogP contribution in [0.3, 0.4) is 0 Å². The molecule has 0 saturated heterocycles. The van der Waals surface area contributed by atoms with Crippen molar-refractivity contribution in [2.24, 2.45) is 7.05 Å². The number of carbonyl (C=O) groups excluding carboxylic acids is 1. The molecule has 1 aliphatic heterocycles. The second kappa shape index (κ2) is 9.06. The second-order valence-electron chi connectivity index (χ2n) is 9.55. The molecule has 7 heteroatoms. The first-order chi connectivity index (χ1) is 16.0. The molecule has 1 amide bonds.